The lowest BCUT2D eigenvalue weighted by Crippen LogP contribution is -2.33. The van der Waals surface area contributed by atoms with Crippen LogP contribution in [-0.4, -0.2) is 29.3 Å². The second kappa shape index (κ2) is 8.34. The van der Waals surface area contributed by atoms with E-state index in [0.29, 0.717) is 12.6 Å². The largest absolute Gasteiger partial charge is 0.313 e. The molecule has 0 saturated heterocycles. The lowest BCUT2D eigenvalue weighted by Gasteiger charge is -2.23. The third kappa shape index (κ3) is 4.31. The molecular formula is C21H24N2OS. The number of carbonyl (C=O) groups is 1. The Balaban J connectivity index is 1.87. The van der Waals surface area contributed by atoms with Crippen LogP contribution in [0.3, 0.4) is 0 Å². The van der Waals surface area contributed by atoms with Crippen LogP contribution in [0.1, 0.15) is 36.2 Å². The molecule has 0 fully saturated rings. The SMILES string of the molecule is CCc1ccc(N(CC(=O)c2ccccc2)C2=NC(CC)CS2)cc1. The topological polar surface area (TPSA) is 32.7 Å². The van der Waals surface area contributed by atoms with Crippen molar-refractivity contribution in [3.05, 3.63) is 65.7 Å². The minimum atomic E-state index is 0.114. The Bertz CT molecular complexity index is 740. The highest BCUT2D eigenvalue weighted by molar-refractivity contribution is 8.14. The van der Waals surface area contributed by atoms with Crippen molar-refractivity contribution in [1.29, 1.82) is 0 Å². The van der Waals surface area contributed by atoms with Gasteiger partial charge in [-0.3, -0.25) is 9.79 Å². The van der Waals surface area contributed by atoms with Crippen LogP contribution < -0.4 is 4.90 Å². The molecule has 0 aliphatic carbocycles. The van der Waals surface area contributed by atoms with Crippen LogP contribution in [-0.2, 0) is 6.42 Å². The molecule has 0 spiro atoms. The quantitative estimate of drug-likeness (QED) is 0.699. The number of anilines is 1. The van der Waals surface area contributed by atoms with Crippen molar-refractivity contribution in [2.45, 2.75) is 32.7 Å². The number of thioether (sulfide) groups is 1. The second-order valence-corrected chi connectivity index (χ2v) is 7.17. The predicted octanol–water partition coefficient (Wildman–Crippen LogP) is 4.82. The molecule has 2 aromatic rings. The molecule has 1 heterocycles. The number of amidine groups is 1. The van der Waals surface area contributed by atoms with Crippen molar-refractivity contribution >= 4 is 28.4 Å². The molecule has 0 N–H and O–H groups in total. The summed E-state index contributed by atoms with van der Waals surface area (Å²) in [6.07, 6.45) is 2.04. The average Bonchev–Trinajstić information content (AvgIpc) is 3.15. The van der Waals surface area contributed by atoms with Gasteiger partial charge in [-0.2, -0.15) is 0 Å². The summed E-state index contributed by atoms with van der Waals surface area (Å²) in [5.74, 6) is 1.11. The highest BCUT2D eigenvalue weighted by Gasteiger charge is 2.25. The van der Waals surface area contributed by atoms with E-state index in [0.717, 1.165) is 35.0 Å². The molecule has 0 saturated carbocycles. The maximum atomic E-state index is 12.8. The van der Waals surface area contributed by atoms with E-state index >= 15 is 0 Å². The summed E-state index contributed by atoms with van der Waals surface area (Å²) in [5.41, 5.74) is 3.07. The first-order valence-corrected chi connectivity index (χ1v) is 9.85. The fourth-order valence-electron chi connectivity index (χ4n) is 2.80. The van der Waals surface area contributed by atoms with E-state index < -0.39 is 0 Å². The highest BCUT2D eigenvalue weighted by Crippen LogP contribution is 2.27. The van der Waals surface area contributed by atoms with Crippen LogP contribution in [0.2, 0.25) is 0 Å². The predicted molar refractivity (Wildman–Crippen MR) is 108 cm³/mol. The summed E-state index contributed by atoms with van der Waals surface area (Å²) < 4.78 is 0. The van der Waals surface area contributed by atoms with Crippen molar-refractivity contribution in [2.24, 2.45) is 4.99 Å². The number of Topliss-reactive ketones (excluding diaryl/α,β-unsaturated/α-hetero) is 1. The zero-order chi connectivity index (χ0) is 17.6. The van der Waals surface area contributed by atoms with Gasteiger partial charge in [0.1, 0.15) is 0 Å². The minimum absolute atomic E-state index is 0.114. The summed E-state index contributed by atoms with van der Waals surface area (Å²) in [6, 6.07) is 18.3. The standard InChI is InChI=1S/C21H24N2OS/c1-3-16-10-12-19(13-11-16)23(21-22-18(4-2)15-25-21)14-20(24)17-8-6-5-7-9-17/h5-13,18H,3-4,14-15H2,1-2H3. The van der Waals surface area contributed by atoms with E-state index in [1.165, 1.54) is 5.56 Å². The summed E-state index contributed by atoms with van der Waals surface area (Å²) in [4.78, 5) is 19.6. The van der Waals surface area contributed by atoms with Gasteiger partial charge in [-0.1, -0.05) is 68.1 Å². The zero-order valence-corrected chi connectivity index (χ0v) is 15.6. The maximum absolute atomic E-state index is 12.8. The number of carbonyl (C=O) groups excluding carboxylic acids is 1. The van der Waals surface area contributed by atoms with Gasteiger partial charge in [0.25, 0.3) is 0 Å². The number of ketones is 1. The Hall–Kier alpha value is -2.07. The number of aryl methyl sites for hydroxylation is 1. The van der Waals surface area contributed by atoms with Gasteiger partial charge in [0.2, 0.25) is 0 Å². The molecule has 2 aromatic carbocycles. The van der Waals surface area contributed by atoms with Gasteiger partial charge in [-0.05, 0) is 30.5 Å². The third-order valence-electron chi connectivity index (χ3n) is 4.45. The molecule has 25 heavy (non-hydrogen) atoms. The number of benzene rings is 2. The second-order valence-electron chi connectivity index (χ2n) is 6.18. The number of rotatable bonds is 6. The van der Waals surface area contributed by atoms with E-state index in [-0.39, 0.29) is 5.78 Å². The van der Waals surface area contributed by atoms with Crippen molar-refractivity contribution < 1.29 is 4.79 Å². The fraction of sp³-hybridized carbons (Fsp3) is 0.333. The molecule has 0 bridgehead atoms. The van der Waals surface area contributed by atoms with Gasteiger partial charge < -0.3 is 4.90 Å². The van der Waals surface area contributed by atoms with Crippen LogP contribution >= 0.6 is 11.8 Å². The minimum Gasteiger partial charge on any atom is -0.313 e. The van der Waals surface area contributed by atoms with Crippen LogP contribution in [0.4, 0.5) is 5.69 Å². The smallest absolute Gasteiger partial charge is 0.182 e. The van der Waals surface area contributed by atoms with Gasteiger partial charge in [-0.15, -0.1) is 0 Å². The van der Waals surface area contributed by atoms with Gasteiger partial charge in [0, 0.05) is 17.0 Å². The molecule has 0 amide bonds. The molecule has 3 nitrogen and oxygen atoms in total. The summed E-state index contributed by atoms with van der Waals surface area (Å²) in [6.45, 7) is 4.62. The Morgan fingerprint density at radius 2 is 1.84 bits per heavy atom. The number of aliphatic imine (C=N–C) groups is 1. The molecule has 4 heteroatoms. The molecule has 0 radical (unpaired) electrons. The van der Waals surface area contributed by atoms with Gasteiger partial charge in [0.05, 0.1) is 12.6 Å². The van der Waals surface area contributed by atoms with Crippen LogP contribution in [0.5, 0.6) is 0 Å². The summed E-state index contributed by atoms with van der Waals surface area (Å²) in [7, 11) is 0. The Labute approximate surface area is 154 Å². The summed E-state index contributed by atoms with van der Waals surface area (Å²) >= 11 is 1.75. The number of nitrogens with zero attached hydrogens (tertiary/aromatic N) is 2. The molecular weight excluding hydrogens is 328 g/mol. The summed E-state index contributed by atoms with van der Waals surface area (Å²) in [5, 5.41) is 0.959. The van der Waals surface area contributed by atoms with Crippen LogP contribution in [0.15, 0.2) is 59.6 Å². The molecule has 0 aromatic heterocycles. The molecule has 3 rings (SSSR count). The molecule has 1 aliphatic heterocycles. The molecule has 1 unspecified atom stereocenters. The van der Waals surface area contributed by atoms with E-state index in [4.69, 9.17) is 4.99 Å². The zero-order valence-electron chi connectivity index (χ0n) is 14.8. The van der Waals surface area contributed by atoms with Crippen molar-refractivity contribution in [2.75, 3.05) is 17.2 Å². The van der Waals surface area contributed by atoms with Gasteiger partial charge in [0.15, 0.2) is 11.0 Å². The Kier molecular flexibility index (Phi) is 5.92. The van der Waals surface area contributed by atoms with Crippen molar-refractivity contribution in [1.82, 2.24) is 0 Å². The van der Waals surface area contributed by atoms with Crippen molar-refractivity contribution in [3.63, 3.8) is 0 Å². The first-order chi connectivity index (χ1) is 12.2. The van der Waals surface area contributed by atoms with E-state index in [1.54, 1.807) is 11.8 Å². The van der Waals surface area contributed by atoms with Gasteiger partial charge in [-0.25, -0.2) is 0 Å². The maximum Gasteiger partial charge on any atom is 0.182 e. The fourth-order valence-corrected chi connectivity index (χ4v) is 4.00. The normalized spacial score (nSPS) is 16.6. The lowest BCUT2D eigenvalue weighted by atomic mass is 10.1. The Morgan fingerprint density at radius 1 is 1.12 bits per heavy atom. The lowest BCUT2D eigenvalue weighted by molar-refractivity contribution is 0.100. The van der Waals surface area contributed by atoms with Gasteiger partial charge >= 0.3 is 0 Å². The van der Waals surface area contributed by atoms with Crippen LogP contribution in [0, 0.1) is 0 Å². The first kappa shape index (κ1) is 17.7. The van der Waals surface area contributed by atoms with E-state index in [9.17, 15) is 4.79 Å². The third-order valence-corrected chi connectivity index (χ3v) is 5.59. The number of hydrogen-bond donors (Lipinski definition) is 0. The monoisotopic (exact) mass is 352 g/mol. The van der Waals surface area contributed by atoms with Crippen molar-refractivity contribution in [3.8, 4) is 0 Å². The van der Waals surface area contributed by atoms with E-state index in [2.05, 4.69) is 43.0 Å². The average molecular weight is 353 g/mol. The molecule has 1 atom stereocenters. The van der Waals surface area contributed by atoms with E-state index in [1.807, 2.05) is 30.3 Å². The van der Waals surface area contributed by atoms with Crippen LogP contribution in [0.25, 0.3) is 0 Å². The molecule has 1 aliphatic rings. The number of hydrogen-bond acceptors (Lipinski definition) is 4. The first-order valence-electron chi connectivity index (χ1n) is 8.86. The Morgan fingerprint density at radius 3 is 2.44 bits per heavy atom. The highest BCUT2D eigenvalue weighted by atomic mass is 32.2. The molecule has 130 valence electrons.